The highest BCUT2D eigenvalue weighted by Crippen LogP contribution is 2.44. The van der Waals surface area contributed by atoms with Crippen molar-refractivity contribution in [2.45, 2.75) is 51.4 Å². The third-order valence-corrected chi connectivity index (χ3v) is 9.31. The summed E-state index contributed by atoms with van der Waals surface area (Å²) in [4.78, 5) is 21.7. The van der Waals surface area contributed by atoms with E-state index in [1.165, 1.54) is 12.1 Å². The van der Waals surface area contributed by atoms with Crippen molar-refractivity contribution in [1.82, 2.24) is 15.3 Å². The molecule has 46 heavy (non-hydrogen) atoms. The molecule has 1 aromatic heterocycles. The summed E-state index contributed by atoms with van der Waals surface area (Å²) in [5.74, 6) is -0.974. The van der Waals surface area contributed by atoms with E-state index in [1.54, 1.807) is 36.4 Å². The van der Waals surface area contributed by atoms with Gasteiger partial charge in [-0.3, -0.25) is 4.79 Å². The van der Waals surface area contributed by atoms with Crippen molar-refractivity contribution in [2.24, 2.45) is 5.41 Å². The molecule has 0 amide bonds. The number of alkyl halides is 3. The largest absolute Gasteiger partial charge is 0.480 e. The van der Waals surface area contributed by atoms with E-state index in [1.807, 2.05) is 43.0 Å². The van der Waals surface area contributed by atoms with Crippen molar-refractivity contribution < 1.29 is 27.8 Å². The number of anilines is 2. The first-order valence-electron chi connectivity index (χ1n) is 15.3. The number of nitrogen functional groups attached to an aromatic ring is 1. The second-order valence-corrected chi connectivity index (χ2v) is 12.4. The molecule has 0 radical (unpaired) electrons. The molecular weight excluding hydrogens is 595 g/mol. The molecule has 3 aromatic carbocycles. The SMILES string of the molecule is Cc1ccc(-c2ccc(C(Oc3cc(N4CCC5(CC4)CN[C@H](C(=O)O)C5)nc(N)n3)C(F)(F)F)c(-c3ccccc3)c2)cc1C. The van der Waals surface area contributed by atoms with Gasteiger partial charge in [0, 0.05) is 31.3 Å². The Balaban J connectivity index is 1.31. The Bertz CT molecular complexity index is 1740. The lowest BCUT2D eigenvalue weighted by Crippen LogP contribution is -2.41. The molecule has 240 valence electrons. The van der Waals surface area contributed by atoms with Gasteiger partial charge in [0.05, 0.1) is 0 Å². The van der Waals surface area contributed by atoms with Crippen LogP contribution in [-0.4, -0.2) is 52.9 Å². The van der Waals surface area contributed by atoms with Gasteiger partial charge in [-0.1, -0.05) is 60.7 Å². The number of carboxylic acids is 1. The van der Waals surface area contributed by atoms with Crippen LogP contribution in [0.25, 0.3) is 22.3 Å². The normalized spacial score (nSPS) is 18.5. The summed E-state index contributed by atoms with van der Waals surface area (Å²) in [5.41, 5.74) is 10.7. The van der Waals surface area contributed by atoms with E-state index in [-0.39, 0.29) is 22.8 Å². The number of carbonyl (C=O) groups is 1. The van der Waals surface area contributed by atoms with Gasteiger partial charge >= 0.3 is 12.1 Å². The quantitative estimate of drug-likeness (QED) is 0.206. The molecule has 2 aliphatic heterocycles. The van der Waals surface area contributed by atoms with Gasteiger partial charge < -0.3 is 25.8 Å². The number of aromatic nitrogens is 2. The van der Waals surface area contributed by atoms with Crippen molar-refractivity contribution >= 4 is 17.7 Å². The molecule has 11 heteroatoms. The van der Waals surface area contributed by atoms with Crippen LogP contribution in [-0.2, 0) is 4.79 Å². The minimum Gasteiger partial charge on any atom is -0.480 e. The summed E-state index contributed by atoms with van der Waals surface area (Å²) in [7, 11) is 0. The number of nitrogens with one attached hydrogen (secondary N) is 1. The third kappa shape index (κ3) is 6.50. The van der Waals surface area contributed by atoms with E-state index in [0.29, 0.717) is 55.8 Å². The van der Waals surface area contributed by atoms with Crippen molar-refractivity contribution in [1.29, 1.82) is 0 Å². The average Bonchev–Trinajstić information content (AvgIpc) is 3.45. The van der Waals surface area contributed by atoms with E-state index in [9.17, 15) is 23.1 Å². The number of nitrogens with two attached hydrogens (primary N) is 1. The van der Waals surface area contributed by atoms with Crippen LogP contribution in [0.4, 0.5) is 24.9 Å². The predicted octanol–water partition coefficient (Wildman–Crippen LogP) is 6.73. The number of nitrogens with zero attached hydrogens (tertiary/aromatic N) is 3. The van der Waals surface area contributed by atoms with Crippen molar-refractivity contribution in [3.05, 3.63) is 89.5 Å². The molecule has 4 aromatic rings. The van der Waals surface area contributed by atoms with E-state index in [2.05, 4.69) is 15.3 Å². The lowest BCUT2D eigenvalue weighted by molar-refractivity contribution is -0.198. The van der Waals surface area contributed by atoms with E-state index in [0.717, 1.165) is 22.3 Å². The third-order valence-electron chi connectivity index (χ3n) is 9.31. The van der Waals surface area contributed by atoms with E-state index < -0.39 is 24.3 Å². The molecule has 0 saturated carbocycles. The lowest BCUT2D eigenvalue weighted by Gasteiger charge is -2.39. The molecule has 0 bridgehead atoms. The predicted molar refractivity (Wildman–Crippen MR) is 171 cm³/mol. The molecule has 3 heterocycles. The Morgan fingerprint density at radius 2 is 1.67 bits per heavy atom. The van der Waals surface area contributed by atoms with Gasteiger partial charge in [-0.05, 0) is 78.0 Å². The Morgan fingerprint density at radius 1 is 0.978 bits per heavy atom. The fourth-order valence-corrected chi connectivity index (χ4v) is 6.52. The summed E-state index contributed by atoms with van der Waals surface area (Å²) in [6, 6.07) is 20.7. The maximum atomic E-state index is 14.9. The minimum absolute atomic E-state index is 0.0494. The van der Waals surface area contributed by atoms with Crippen LogP contribution in [0, 0.1) is 19.3 Å². The smallest absolute Gasteiger partial charge is 0.429 e. The first-order chi connectivity index (χ1) is 21.9. The second kappa shape index (κ2) is 12.3. The molecule has 2 fully saturated rings. The van der Waals surface area contributed by atoms with Gasteiger partial charge in [0.25, 0.3) is 0 Å². The monoisotopic (exact) mass is 631 g/mol. The van der Waals surface area contributed by atoms with Crippen LogP contribution < -0.4 is 20.7 Å². The zero-order valence-corrected chi connectivity index (χ0v) is 25.6. The van der Waals surface area contributed by atoms with Crippen LogP contribution in [0.2, 0.25) is 0 Å². The van der Waals surface area contributed by atoms with Crippen LogP contribution in [0.15, 0.2) is 72.8 Å². The zero-order valence-electron chi connectivity index (χ0n) is 25.6. The summed E-state index contributed by atoms with van der Waals surface area (Å²) in [6.45, 7) is 5.72. The minimum atomic E-state index is -4.78. The molecule has 1 spiro atoms. The van der Waals surface area contributed by atoms with E-state index in [4.69, 9.17) is 10.5 Å². The fraction of sp³-hybridized carbons (Fsp3) is 0.343. The molecular formula is C35H36F3N5O3. The molecule has 8 nitrogen and oxygen atoms in total. The maximum absolute atomic E-state index is 14.9. The van der Waals surface area contributed by atoms with Gasteiger partial charge in [-0.15, -0.1) is 0 Å². The Hall–Kier alpha value is -4.64. The molecule has 1 unspecified atom stereocenters. The highest BCUT2D eigenvalue weighted by molar-refractivity contribution is 5.76. The van der Waals surface area contributed by atoms with Gasteiger partial charge in [0.2, 0.25) is 17.9 Å². The van der Waals surface area contributed by atoms with Crippen LogP contribution >= 0.6 is 0 Å². The summed E-state index contributed by atoms with van der Waals surface area (Å²) in [5, 5.41) is 12.5. The highest BCUT2D eigenvalue weighted by Gasteiger charge is 2.46. The number of hydrogen-bond acceptors (Lipinski definition) is 7. The second-order valence-electron chi connectivity index (χ2n) is 12.4. The first-order valence-corrected chi connectivity index (χ1v) is 15.3. The number of piperidine rings is 1. The molecule has 6 rings (SSSR count). The number of benzene rings is 3. The van der Waals surface area contributed by atoms with Crippen molar-refractivity contribution in [3.8, 4) is 28.1 Å². The number of aliphatic carboxylic acids is 1. The lowest BCUT2D eigenvalue weighted by atomic mass is 9.76. The number of hydrogen-bond donors (Lipinski definition) is 3. The molecule has 2 aliphatic rings. The fourth-order valence-electron chi connectivity index (χ4n) is 6.52. The number of halogens is 3. The van der Waals surface area contributed by atoms with Gasteiger partial charge in [0.1, 0.15) is 11.9 Å². The topological polar surface area (TPSA) is 114 Å². The highest BCUT2D eigenvalue weighted by atomic mass is 19.4. The van der Waals surface area contributed by atoms with Crippen molar-refractivity contribution in [3.63, 3.8) is 0 Å². The summed E-state index contributed by atoms with van der Waals surface area (Å²) in [6.07, 6.45) is -5.15. The van der Waals surface area contributed by atoms with Gasteiger partial charge in [0.15, 0.2) is 0 Å². The van der Waals surface area contributed by atoms with E-state index >= 15 is 0 Å². The van der Waals surface area contributed by atoms with Gasteiger partial charge in [-0.2, -0.15) is 23.1 Å². The average molecular weight is 632 g/mol. The number of aryl methyl sites for hydroxylation is 2. The van der Waals surface area contributed by atoms with Gasteiger partial charge in [-0.25, -0.2) is 0 Å². The first kappa shape index (κ1) is 31.3. The molecule has 2 atom stereocenters. The zero-order chi connectivity index (χ0) is 32.6. The Morgan fingerprint density at radius 3 is 2.33 bits per heavy atom. The van der Waals surface area contributed by atoms with Crippen LogP contribution in [0.5, 0.6) is 5.88 Å². The van der Waals surface area contributed by atoms with Crippen LogP contribution in [0.3, 0.4) is 0 Å². The molecule has 0 aliphatic carbocycles. The Labute approximate surface area is 265 Å². The summed E-state index contributed by atoms with van der Waals surface area (Å²) >= 11 is 0. The maximum Gasteiger partial charge on any atom is 0.429 e. The Kier molecular flexibility index (Phi) is 8.37. The summed E-state index contributed by atoms with van der Waals surface area (Å²) < 4.78 is 50.3. The molecule has 2 saturated heterocycles. The number of carboxylic acid groups (broad SMARTS) is 1. The number of ether oxygens (including phenoxy) is 1. The molecule has 4 N–H and O–H groups in total. The standard InChI is InChI=1S/C35H36F3N5O3/c1-21-8-9-24(16-22(21)2)25-10-11-26(27(17-25)23-6-4-3-5-7-23)31(35(36,37)38)46-30-18-29(41-33(39)42-30)43-14-12-34(13-15-43)19-28(32(44)45)40-20-34/h3-11,16-18,28,31,40H,12-15,19-20H2,1-2H3,(H,44,45)(H2,39,41,42)/t28-,31?/m0/s1. The number of rotatable bonds is 7. The van der Waals surface area contributed by atoms with Crippen molar-refractivity contribution in [2.75, 3.05) is 30.3 Å². The van der Waals surface area contributed by atoms with Crippen LogP contribution in [0.1, 0.15) is 42.1 Å².